The first-order valence-electron chi connectivity index (χ1n) is 6.66. The predicted octanol–water partition coefficient (Wildman–Crippen LogP) is 2.53. The minimum absolute atomic E-state index is 0.514. The van der Waals surface area contributed by atoms with E-state index in [1.54, 1.807) is 0 Å². The van der Waals surface area contributed by atoms with Crippen molar-refractivity contribution in [2.75, 3.05) is 37.6 Å². The number of fused-ring (bicyclic) bond motifs is 1. The van der Waals surface area contributed by atoms with Crippen molar-refractivity contribution < 1.29 is 0 Å². The van der Waals surface area contributed by atoms with Gasteiger partial charge in [0.1, 0.15) is 0 Å². The molecule has 0 bridgehead atoms. The van der Waals surface area contributed by atoms with Crippen LogP contribution in [0.25, 0.3) is 10.9 Å². The summed E-state index contributed by atoms with van der Waals surface area (Å²) in [6.45, 7) is 4.23. The van der Waals surface area contributed by atoms with Crippen LogP contribution in [0.3, 0.4) is 0 Å². The smallest absolute Gasteiger partial charge is 0.0867 e. The fraction of sp³-hybridized carbons (Fsp3) is 0.333. The number of nitriles is 1. The van der Waals surface area contributed by atoms with Crippen LogP contribution in [-0.4, -0.2) is 42.6 Å². The van der Waals surface area contributed by atoms with E-state index < -0.39 is 0 Å². The van der Waals surface area contributed by atoms with Gasteiger partial charge in [-0.3, -0.25) is 9.88 Å². The average molecular weight is 287 g/mol. The van der Waals surface area contributed by atoms with Crippen molar-refractivity contribution in [1.82, 2.24) is 9.88 Å². The molecule has 5 heteroatoms. The molecule has 2 aromatic rings. The Kier molecular flexibility index (Phi) is 3.72. The summed E-state index contributed by atoms with van der Waals surface area (Å²) in [6.07, 6.45) is 1.83. The Morgan fingerprint density at radius 3 is 2.75 bits per heavy atom. The molecule has 0 unspecified atom stereocenters. The normalized spacial score (nSPS) is 16.3. The van der Waals surface area contributed by atoms with Gasteiger partial charge in [0.15, 0.2) is 0 Å². The number of rotatable bonds is 2. The van der Waals surface area contributed by atoms with E-state index in [-0.39, 0.29) is 0 Å². The lowest BCUT2D eigenvalue weighted by molar-refractivity contribution is 0.287. The fourth-order valence-corrected chi connectivity index (χ4v) is 2.80. The van der Waals surface area contributed by atoms with Crippen molar-refractivity contribution in [3.8, 4) is 6.07 Å². The van der Waals surface area contributed by atoms with Gasteiger partial charge in [-0.25, -0.2) is 0 Å². The minimum atomic E-state index is 0.514. The molecule has 4 nitrogen and oxygen atoms in total. The van der Waals surface area contributed by atoms with Gasteiger partial charge in [0, 0.05) is 48.5 Å². The lowest BCUT2D eigenvalue weighted by Crippen LogP contribution is -2.46. The Morgan fingerprint density at radius 1 is 1.20 bits per heavy atom. The molecule has 20 heavy (non-hydrogen) atoms. The van der Waals surface area contributed by atoms with Crippen LogP contribution in [0, 0.1) is 11.3 Å². The molecular formula is C15H15ClN4. The summed E-state index contributed by atoms with van der Waals surface area (Å²) in [5.74, 6) is 0. The van der Waals surface area contributed by atoms with Gasteiger partial charge in [-0.1, -0.05) is 11.6 Å². The molecule has 1 aromatic carbocycles. The Balaban J connectivity index is 1.87. The zero-order valence-corrected chi connectivity index (χ0v) is 11.8. The largest absolute Gasteiger partial charge is 0.368 e. The molecule has 0 N–H and O–H groups in total. The first kappa shape index (κ1) is 13.2. The second-order valence-corrected chi connectivity index (χ2v) is 5.35. The van der Waals surface area contributed by atoms with E-state index in [0.717, 1.165) is 37.1 Å². The highest BCUT2D eigenvalue weighted by Crippen LogP contribution is 2.28. The van der Waals surface area contributed by atoms with Gasteiger partial charge in [0.25, 0.3) is 0 Å². The number of nitrogens with zero attached hydrogens (tertiary/aromatic N) is 4. The van der Waals surface area contributed by atoms with E-state index in [2.05, 4.69) is 26.9 Å². The molecule has 1 fully saturated rings. The van der Waals surface area contributed by atoms with Crippen molar-refractivity contribution >= 4 is 28.2 Å². The van der Waals surface area contributed by atoms with Crippen molar-refractivity contribution in [1.29, 1.82) is 5.26 Å². The van der Waals surface area contributed by atoms with Crippen LogP contribution in [0.2, 0.25) is 5.02 Å². The lowest BCUT2D eigenvalue weighted by atomic mass is 10.1. The van der Waals surface area contributed by atoms with Crippen molar-refractivity contribution in [3.05, 3.63) is 35.5 Å². The second kappa shape index (κ2) is 5.66. The average Bonchev–Trinajstić information content (AvgIpc) is 2.47. The number of benzene rings is 1. The summed E-state index contributed by atoms with van der Waals surface area (Å²) < 4.78 is 0. The molecule has 1 saturated heterocycles. The second-order valence-electron chi connectivity index (χ2n) is 4.91. The molecular weight excluding hydrogens is 272 g/mol. The van der Waals surface area contributed by atoms with Gasteiger partial charge in [0.2, 0.25) is 0 Å². The number of piperazine rings is 1. The van der Waals surface area contributed by atoms with Gasteiger partial charge < -0.3 is 4.90 Å². The van der Waals surface area contributed by atoms with Crippen LogP contribution in [0.4, 0.5) is 5.69 Å². The molecule has 1 aliphatic rings. The molecule has 1 aromatic heterocycles. The molecule has 0 radical (unpaired) electrons. The molecule has 0 spiro atoms. The van der Waals surface area contributed by atoms with Crippen molar-refractivity contribution in [3.63, 3.8) is 0 Å². The van der Waals surface area contributed by atoms with E-state index in [4.69, 9.17) is 16.9 Å². The number of aromatic nitrogens is 1. The lowest BCUT2D eigenvalue weighted by Gasteiger charge is -2.35. The Labute approximate surface area is 123 Å². The number of hydrogen-bond donors (Lipinski definition) is 0. The Morgan fingerprint density at radius 2 is 2.00 bits per heavy atom. The minimum Gasteiger partial charge on any atom is -0.368 e. The van der Waals surface area contributed by atoms with Gasteiger partial charge >= 0.3 is 0 Å². The van der Waals surface area contributed by atoms with Crippen LogP contribution in [-0.2, 0) is 0 Å². The SMILES string of the molecule is N#CCN1CCN(c2ccnc3cc(Cl)ccc23)CC1. The van der Waals surface area contributed by atoms with E-state index in [1.165, 1.54) is 5.69 Å². The standard InChI is InChI=1S/C15H15ClN4/c16-12-1-2-13-14(11-12)18-5-3-15(13)20-9-7-19(6-4-17)8-10-20/h1-3,5,11H,6-10H2. The molecule has 1 aliphatic heterocycles. The van der Waals surface area contributed by atoms with Gasteiger partial charge in [0.05, 0.1) is 18.1 Å². The highest BCUT2D eigenvalue weighted by Gasteiger charge is 2.18. The summed E-state index contributed by atoms with van der Waals surface area (Å²) in [5.41, 5.74) is 2.12. The maximum Gasteiger partial charge on any atom is 0.0867 e. The monoisotopic (exact) mass is 286 g/mol. The van der Waals surface area contributed by atoms with Crippen LogP contribution in [0.5, 0.6) is 0 Å². The van der Waals surface area contributed by atoms with E-state index in [1.807, 2.05) is 24.4 Å². The molecule has 0 saturated carbocycles. The number of pyridine rings is 1. The van der Waals surface area contributed by atoms with Crippen LogP contribution >= 0.6 is 11.6 Å². The molecule has 3 rings (SSSR count). The number of anilines is 1. The maximum atomic E-state index is 8.74. The van der Waals surface area contributed by atoms with Crippen LogP contribution in [0.1, 0.15) is 0 Å². The molecule has 102 valence electrons. The van der Waals surface area contributed by atoms with Crippen LogP contribution < -0.4 is 4.90 Å². The maximum absolute atomic E-state index is 8.74. The highest BCUT2D eigenvalue weighted by atomic mass is 35.5. The summed E-state index contributed by atoms with van der Waals surface area (Å²) in [4.78, 5) is 8.91. The Bertz CT molecular complexity index is 656. The fourth-order valence-electron chi connectivity index (χ4n) is 2.63. The first-order valence-corrected chi connectivity index (χ1v) is 7.04. The highest BCUT2D eigenvalue weighted by molar-refractivity contribution is 6.31. The van der Waals surface area contributed by atoms with E-state index >= 15 is 0 Å². The summed E-state index contributed by atoms with van der Waals surface area (Å²) in [7, 11) is 0. The quantitative estimate of drug-likeness (QED) is 0.796. The zero-order chi connectivity index (χ0) is 13.9. The molecule has 0 amide bonds. The zero-order valence-electron chi connectivity index (χ0n) is 11.1. The van der Waals surface area contributed by atoms with Crippen molar-refractivity contribution in [2.45, 2.75) is 0 Å². The third-order valence-electron chi connectivity index (χ3n) is 3.69. The summed E-state index contributed by atoms with van der Waals surface area (Å²) >= 11 is 6.02. The molecule has 0 aliphatic carbocycles. The summed E-state index contributed by atoms with van der Waals surface area (Å²) in [6, 6.07) is 10.1. The summed E-state index contributed by atoms with van der Waals surface area (Å²) in [5, 5.41) is 10.6. The predicted molar refractivity (Wildman–Crippen MR) is 81.0 cm³/mol. The van der Waals surface area contributed by atoms with Crippen molar-refractivity contribution in [2.24, 2.45) is 0 Å². The first-order chi connectivity index (χ1) is 9.78. The molecule has 0 atom stereocenters. The van der Waals surface area contributed by atoms with E-state index in [9.17, 15) is 0 Å². The van der Waals surface area contributed by atoms with Gasteiger partial charge in [-0.2, -0.15) is 5.26 Å². The Hall–Kier alpha value is -1.83. The van der Waals surface area contributed by atoms with E-state index in [0.29, 0.717) is 11.6 Å². The number of hydrogen-bond acceptors (Lipinski definition) is 4. The third-order valence-corrected chi connectivity index (χ3v) is 3.92. The third kappa shape index (κ3) is 2.55. The topological polar surface area (TPSA) is 43.2 Å². The van der Waals surface area contributed by atoms with Crippen LogP contribution in [0.15, 0.2) is 30.5 Å². The van der Waals surface area contributed by atoms with Gasteiger partial charge in [-0.15, -0.1) is 0 Å². The molecule has 2 heterocycles. The number of halogens is 1. The van der Waals surface area contributed by atoms with Gasteiger partial charge in [-0.05, 0) is 24.3 Å².